The fraction of sp³-hybridized carbons (Fsp3) is 0.381. The first-order chi connectivity index (χ1) is 13.5. The molecule has 0 saturated heterocycles. The first kappa shape index (κ1) is 20.4. The third-order valence-electron chi connectivity index (χ3n) is 4.40. The number of aryl methyl sites for hydroxylation is 2. The van der Waals surface area contributed by atoms with E-state index in [-0.39, 0.29) is 6.61 Å². The number of ether oxygens (including phenoxy) is 1. The van der Waals surface area contributed by atoms with Gasteiger partial charge in [-0.2, -0.15) is 4.68 Å². The van der Waals surface area contributed by atoms with Gasteiger partial charge in [-0.15, -0.1) is 5.10 Å². The molecule has 3 rings (SSSR count). The Balaban J connectivity index is 1.60. The molecule has 0 amide bonds. The average molecular weight is 399 g/mol. The van der Waals surface area contributed by atoms with Crippen molar-refractivity contribution in [1.29, 1.82) is 0 Å². The second-order valence-electron chi connectivity index (χ2n) is 7.13. The summed E-state index contributed by atoms with van der Waals surface area (Å²) in [5.41, 5.74) is 4.37. The van der Waals surface area contributed by atoms with E-state index in [0.29, 0.717) is 16.8 Å². The van der Waals surface area contributed by atoms with Crippen LogP contribution in [0.5, 0.6) is 5.75 Å². The highest BCUT2D eigenvalue weighted by molar-refractivity contribution is 7.99. The molecule has 1 atom stereocenters. The summed E-state index contributed by atoms with van der Waals surface area (Å²) in [6.07, 6.45) is -0.630. The zero-order chi connectivity index (χ0) is 20.1. The van der Waals surface area contributed by atoms with Crippen molar-refractivity contribution in [2.75, 3.05) is 12.4 Å². The Morgan fingerprint density at radius 2 is 1.93 bits per heavy atom. The standard InChI is InChI=1S/C21H26N4O2S/c1-14(2)18-7-5-6-8-20(18)27-12-17(26)13-28-21-22-23-24-25(21)19-10-9-15(3)11-16(19)4/h5-11,14,17,26H,12-13H2,1-4H3/t17-/m1/s1. The number of rotatable bonds is 8. The molecule has 1 N–H and O–H groups in total. The van der Waals surface area contributed by atoms with Crippen molar-refractivity contribution < 1.29 is 9.84 Å². The maximum absolute atomic E-state index is 10.4. The first-order valence-electron chi connectivity index (χ1n) is 9.34. The van der Waals surface area contributed by atoms with Crippen molar-refractivity contribution in [3.8, 4) is 11.4 Å². The van der Waals surface area contributed by atoms with E-state index < -0.39 is 6.10 Å². The number of hydrogen-bond donors (Lipinski definition) is 1. The molecule has 2 aromatic carbocycles. The number of aromatic nitrogens is 4. The van der Waals surface area contributed by atoms with E-state index >= 15 is 0 Å². The van der Waals surface area contributed by atoms with Crippen LogP contribution in [0.4, 0.5) is 0 Å². The Morgan fingerprint density at radius 1 is 1.14 bits per heavy atom. The predicted molar refractivity (Wildman–Crippen MR) is 111 cm³/mol. The topological polar surface area (TPSA) is 73.1 Å². The molecule has 0 aliphatic carbocycles. The minimum absolute atomic E-state index is 0.224. The van der Waals surface area contributed by atoms with Crippen LogP contribution in [0.25, 0.3) is 5.69 Å². The lowest BCUT2D eigenvalue weighted by Gasteiger charge is -2.16. The molecule has 1 aromatic heterocycles. The molecule has 7 heteroatoms. The van der Waals surface area contributed by atoms with Crippen molar-refractivity contribution >= 4 is 11.8 Å². The van der Waals surface area contributed by atoms with Gasteiger partial charge >= 0.3 is 0 Å². The molecular weight excluding hydrogens is 372 g/mol. The number of benzene rings is 2. The van der Waals surface area contributed by atoms with Crippen molar-refractivity contribution in [1.82, 2.24) is 20.2 Å². The van der Waals surface area contributed by atoms with E-state index in [9.17, 15) is 5.11 Å². The van der Waals surface area contributed by atoms with Gasteiger partial charge in [0.2, 0.25) is 5.16 Å². The quantitative estimate of drug-likeness (QED) is 0.580. The monoisotopic (exact) mass is 398 g/mol. The van der Waals surface area contributed by atoms with Crippen molar-refractivity contribution in [3.05, 3.63) is 59.2 Å². The van der Waals surface area contributed by atoms with Crippen molar-refractivity contribution in [2.45, 2.75) is 44.9 Å². The van der Waals surface area contributed by atoms with Crippen LogP contribution in [0.3, 0.4) is 0 Å². The van der Waals surface area contributed by atoms with Crippen LogP contribution >= 0.6 is 11.8 Å². The zero-order valence-electron chi connectivity index (χ0n) is 16.7. The minimum Gasteiger partial charge on any atom is -0.491 e. The molecule has 28 heavy (non-hydrogen) atoms. The van der Waals surface area contributed by atoms with Crippen LogP contribution in [0.1, 0.15) is 36.5 Å². The lowest BCUT2D eigenvalue weighted by molar-refractivity contribution is 0.125. The van der Waals surface area contributed by atoms with Gasteiger partial charge in [0.25, 0.3) is 0 Å². The lowest BCUT2D eigenvalue weighted by Crippen LogP contribution is -2.21. The molecule has 3 aromatic rings. The highest BCUT2D eigenvalue weighted by atomic mass is 32.2. The fourth-order valence-electron chi connectivity index (χ4n) is 2.96. The maximum Gasteiger partial charge on any atom is 0.214 e. The van der Waals surface area contributed by atoms with Crippen LogP contribution in [-0.4, -0.2) is 43.8 Å². The number of thioether (sulfide) groups is 1. The smallest absolute Gasteiger partial charge is 0.214 e. The van der Waals surface area contributed by atoms with E-state index in [1.807, 2.05) is 37.3 Å². The molecule has 0 radical (unpaired) electrons. The van der Waals surface area contributed by atoms with Crippen molar-refractivity contribution in [2.24, 2.45) is 0 Å². The van der Waals surface area contributed by atoms with E-state index in [4.69, 9.17) is 4.74 Å². The van der Waals surface area contributed by atoms with Crippen molar-refractivity contribution in [3.63, 3.8) is 0 Å². The summed E-state index contributed by atoms with van der Waals surface area (Å²) in [6, 6.07) is 14.1. The van der Waals surface area contributed by atoms with Crippen LogP contribution in [0.15, 0.2) is 47.6 Å². The van der Waals surface area contributed by atoms with E-state index in [1.165, 1.54) is 17.3 Å². The molecule has 0 saturated carbocycles. The van der Waals surface area contributed by atoms with Gasteiger partial charge in [-0.05, 0) is 53.5 Å². The van der Waals surface area contributed by atoms with Gasteiger partial charge in [0.15, 0.2) is 0 Å². The van der Waals surface area contributed by atoms with Gasteiger partial charge in [0, 0.05) is 5.75 Å². The van der Waals surface area contributed by atoms with Gasteiger partial charge in [0.1, 0.15) is 12.4 Å². The SMILES string of the molecule is Cc1ccc(-n2nnnc2SC[C@H](O)COc2ccccc2C(C)C)c(C)c1. The maximum atomic E-state index is 10.4. The van der Waals surface area contributed by atoms with Gasteiger partial charge in [-0.25, -0.2) is 0 Å². The molecular formula is C21H26N4O2S. The predicted octanol–water partition coefficient (Wildman–Crippen LogP) is 3.93. The van der Waals surface area contributed by atoms with Gasteiger partial charge in [-0.1, -0.05) is 61.5 Å². The average Bonchev–Trinajstić information content (AvgIpc) is 3.13. The number of tetrazole rings is 1. The Kier molecular flexibility index (Phi) is 6.70. The normalized spacial score (nSPS) is 12.4. The van der Waals surface area contributed by atoms with Gasteiger partial charge < -0.3 is 9.84 Å². The molecule has 1 heterocycles. The first-order valence-corrected chi connectivity index (χ1v) is 10.3. The summed E-state index contributed by atoms with van der Waals surface area (Å²) in [5.74, 6) is 1.63. The van der Waals surface area contributed by atoms with Crippen LogP contribution in [-0.2, 0) is 0 Å². The fourth-order valence-corrected chi connectivity index (χ4v) is 3.75. The van der Waals surface area contributed by atoms with Gasteiger partial charge in [0.05, 0.1) is 11.8 Å². The Morgan fingerprint density at radius 3 is 2.68 bits per heavy atom. The highest BCUT2D eigenvalue weighted by Gasteiger charge is 2.15. The van der Waals surface area contributed by atoms with Crippen LogP contribution in [0.2, 0.25) is 0 Å². The second-order valence-corrected chi connectivity index (χ2v) is 8.12. The number of nitrogens with zero attached hydrogens (tertiary/aromatic N) is 4. The summed E-state index contributed by atoms with van der Waals surface area (Å²) >= 11 is 1.41. The van der Waals surface area contributed by atoms with Crippen LogP contribution < -0.4 is 4.74 Å². The molecule has 148 valence electrons. The summed E-state index contributed by atoms with van der Waals surface area (Å²) in [7, 11) is 0. The second kappa shape index (κ2) is 9.21. The number of hydrogen-bond acceptors (Lipinski definition) is 6. The molecule has 0 fully saturated rings. The van der Waals surface area contributed by atoms with E-state index in [1.54, 1.807) is 4.68 Å². The number of aliphatic hydroxyl groups excluding tert-OH is 1. The number of para-hydroxylation sites is 1. The molecule has 6 nitrogen and oxygen atoms in total. The molecule has 0 bridgehead atoms. The Labute approximate surface area is 169 Å². The minimum atomic E-state index is -0.630. The van der Waals surface area contributed by atoms with E-state index in [2.05, 4.69) is 48.4 Å². The summed E-state index contributed by atoms with van der Waals surface area (Å²) in [5, 5.41) is 23.0. The summed E-state index contributed by atoms with van der Waals surface area (Å²) < 4.78 is 7.56. The third-order valence-corrected chi connectivity index (χ3v) is 5.46. The molecule has 0 aliphatic heterocycles. The highest BCUT2D eigenvalue weighted by Crippen LogP contribution is 2.26. The number of aliphatic hydroxyl groups is 1. The Bertz CT molecular complexity index is 926. The Hall–Kier alpha value is -2.38. The largest absolute Gasteiger partial charge is 0.491 e. The lowest BCUT2D eigenvalue weighted by atomic mass is 10.0. The van der Waals surface area contributed by atoms with Crippen LogP contribution in [0, 0.1) is 13.8 Å². The molecule has 0 spiro atoms. The molecule has 0 aliphatic rings. The van der Waals surface area contributed by atoms with Gasteiger partial charge in [-0.3, -0.25) is 0 Å². The molecule has 0 unspecified atom stereocenters. The summed E-state index contributed by atoms with van der Waals surface area (Å²) in [6.45, 7) is 8.57. The summed E-state index contributed by atoms with van der Waals surface area (Å²) in [4.78, 5) is 0. The third kappa shape index (κ3) is 4.91. The van der Waals surface area contributed by atoms with E-state index in [0.717, 1.165) is 22.6 Å². The zero-order valence-corrected chi connectivity index (χ0v) is 17.5.